The minimum absolute atomic E-state index is 0. The first-order valence-electron chi connectivity index (χ1n) is 8.67. The molecule has 0 fully saturated rings. The van der Waals surface area contributed by atoms with Gasteiger partial charge in [-0.25, -0.2) is 4.68 Å². The highest BCUT2D eigenvalue weighted by atomic mass is 127. The van der Waals surface area contributed by atoms with Gasteiger partial charge in [0.15, 0.2) is 0 Å². The molecule has 0 spiro atoms. The molecule has 3 aromatic carbocycles. The van der Waals surface area contributed by atoms with Crippen molar-refractivity contribution in [2.24, 2.45) is 4.74 Å². The molecule has 0 N–H and O–H groups in total. The molecule has 1 heterocycles. The summed E-state index contributed by atoms with van der Waals surface area (Å²) in [5.41, 5.74) is 2.06. The fourth-order valence-corrected chi connectivity index (χ4v) is 5.83. The smallest absolute Gasteiger partial charge is 0.0645 e. The number of aromatic nitrogens is 2. The summed E-state index contributed by atoms with van der Waals surface area (Å²) in [5, 5.41) is 7.03. The molecule has 1 unspecified atom stereocenters. The van der Waals surface area contributed by atoms with Gasteiger partial charge in [0.2, 0.25) is 0 Å². The van der Waals surface area contributed by atoms with Crippen molar-refractivity contribution in [3.8, 4) is 5.69 Å². The highest BCUT2D eigenvalue weighted by molar-refractivity contribution is 14.1. The zero-order valence-electron chi connectivity index (χ0n) is 15.3. The first-order valence-corrected chi connectivity index (χ1v) is 11.9. The van der Waals surface area contributed by atoms with Crippen molar-refractivity contribution >= 4 is 58.3 Å². The molecule has 0 saturated carbocycles. The Labute approximate surface area is 185 Å². The summed E-state index contributed by atoms with van der Waals surface area (Å²) >= 11 is 2.32. The lowest BCUT2D eigenvalue weighted by molar-refractivity contribution is 0.881. The van der Waals surface area contributed by atoms with Crippen LogP contribution >= 0.6 is 42.1 Å². The van der Waals surface area contributed by atoms with Crippen molar-refractivity contribution < 1.29 is 0 Å². The van der Waals surface area contributed by atoms with Crippen molar-refractivity contribution in [3.63, 3.8) is 0 Å². The lowest BCUT2D eigenvalue weighted by Crippen LogP contribution is -2.14. The van der Waals surface area contributed by atoms with E-state index in [0.29, 0.717) is 0 Å². The first kappa shape index (κ1) is 20.8. The summed E-state index contributed by atoms with van der Waals surface area (Å²) in [6.07, 6.45) is 4.08. The fraction of sp³-hybridized carbons (Fsp3) is 0.0455. The van der Waals surface area contributed by atoms with E-state index in [4.69, 9.17) is 4.74 Å². The quantitative estimate of drug-likeness (QED) is 0.240. The summed E-state index contributed by atoms with van der Waals surface area (Å²) < 4.78 is 8.38. The number of halogens is 2. The molecule has 142 valence electrons. The van der Waals surface area contributed by atoms with Crippen molar-refractivity contribution in [3.05, 3.63) is 101 Å². The van der Waals surface area contributed by atoms with Crippen molar-refractivity contribution in [2.75, 3.05) is 6.66 Å². The van der Waals surface area contributed by atoms with E-state index in [2.05, 4.69) is 101 Å². The van der Waals surface area contributed by atoms with E-state index < -0.39 is 7.05 Å². The molecule has 0 bridgehead atoms. The largest absolute Gasteiger partial charge is 0.259 e. The number of hydrogen-bond donors (Lipinski definition) is 0. The maximum absolute atomic E-state index is 5.23. The van der Waals surface area contributed by atoms with Crippen LogP contribution in [0.15, 0.2) is 102 Å². The maximum atomic E-state index is 5.23. The van der Waals surface area contributed by atoms with E-state index >= 15 is 0 Å². The molecule has 3 nitrogen and oxygen atoms in total. The lowest BCUT2D eigenvalue weighted by Gasteiger charge is -2.19. The second-order valence-corrected chi connectivity index (χ2v) is 10.7. The van der Waals surface area contributed by atoms with Gasteiger partial charge in [-0.3, -0.25) is 4.74 Å². The van der Waals surface area contributed by atoms with E-state index in [9.17, 15) is 0 Å². The molecular formula is C22H20ClIN3P. The van der Waals surface area contributed by atoms with Gasteiger partial charge in [-0.2, -0.15) is 5.10 Å². The summed E-state index contributed by atoms with van der Waals surface area (Å²) in [7, 11) is -1.97. The molecule has 0 saturated heterocycles. The van der Waals surface area contributed by atoms with Gasteiger partial charge in [0.1, 0.15) is 0 Å². The molecule has 0 amide bonds. The Morgan fingerprint density at radius 2 is 1.43 bits per heavy atom. The van der Waals surface area contributed by atoms with Gasteiger partial charge in [-0.05, 0) is 71.0 Å². The third-order valence-corrected chi connectivity index (χ3v) is 8.38. The zero-order valence-corrected chi connectivity index (χ0v) is 19.2. The van der Waals surface area contributed by atoms with Gasteiger partial charge < -0.3 is 0 Å². The fourth-order valence-electron chi connectivity index (χ4n) is 2.98. The molecule has 6 heteroatoms. The Kier molecular flexibility index (Phi) is 6.76. The molecule has 0 aliphatic carbocycles. The molecule has 4 aromatic rings. The van der Waals surface area contributed by atoms with Crippen molar-refractivity contribution in [1.82, 2.24) is 9.78 Å². The number of benzene rings is 3. The number of rotatable bonds is 4. The second kappa shape index (κ2) is 9.08. The molecule has 1 atom stereocenters. The molecule has 1 aromatic heterocycles. The van der Waals surface area contributed by atoms with Crippen LogP contribution < -0.4 is 10.6 Å². The van der Waals surface area contributed by atoms with Gasteiger partial charge in [0.25, 0.3) is 0 Å². The second-order valence-electron chi connectivity index (χ2n) is 6.35. The lowest BCUT2D eigenvalue weighted by atomic mass is 10.3. The maximum Gasteiger partial charge on any atom is 0.0645 e. The van der Waals surface area contributed by atoms with Crippen LogP contribution in [0.3, 0.4) is 0 Å². The average Bonchev–Trinajstić information content (AvgIpc) is 3.22. The van der Waals surface area contributed by atoms with Gasteiger partial charge in [0.05, 0.1) is 17.6 Å². The zero-order chi connectivity index (χ0) is 18.7. The Morgan fingerprint density at radius 1 is 0.821 bits per heavy atom. The summed E-state index contributed by atoms with van der Waals surface area (Å²) in [6.45, 7) is 2.26. The van der Waals surface area contributed by atoms with Gasteiger partial charge >= 0.3 is 0 Å². The molecule has 4 rings (SSSR count). The van der Waals surface area contributed by atoms with E-state index in [1.54, 1.807) is 0 Å². The average molecular weight is 520 g/mol. The Morgan fingerprint density at radius 3 is 2.07 bits per heavy atom. The topological polar surface area (TPSA) is 30.2 Å². The number of hydrogen-bond acceptors (Lipinski definition) is 2. The predicted molar refractivity (Wildman–Crippen MR) is 131 cm³/mol. The van der Waals surface area contributed by atoms with Gasteiger partial charge in [0, 0.05) is 22.1 Å². The monoisotopic (exact) mass is 519 g/mol. The molecule has 0 aliphatic rings. The molecular weight excluding hydrogens is 500 g/mol. The third-order valence-electron chi connectivity index (χ3n) is 4.49. The molecule has 0 aliphatic heterocycles. The van der Waals surface area contributed by atoms with Crippen LogP contribution in [0.25, 0.3) is 5.69 Å². The normalized spacial score (nSPS) is 12.6. The van der Waals surface area contributed by atoms with E-state index in [1.807, 2.05) is 35.1 Å². The minimum Gasteiger partial charge on any atom is -0.259 e. The molecule has 28 heavy (non-hydrogen) atoms. The summed E-state index contributed by atoms with van der Waals surface area (Å²) in [4.78, 5) is 0. The third kappa shape index (κ3) is 4.40. The van der Waals surface area contributed by atoms with Crippen LogP contribution in [0.1, 0.15) is 0 Å². The first-order chi connectivity index (χ1) is 13.1. The van der Waals surface area contributed by atoms with Crippen LogP contribution in [0.5, 0.6) is 0 Å². The van der Waals surface area contributed by atoms with Crippen LogP contribution in [0.4, 0.5) is 5.69 Å². The highest BCUT2D eigenvalue weighted by Gasteiger charge is 2.21. The summed E-state index contributed by atoms with van der Waals surface area (Å²) in [5.74, 6) is 0. The van der Waals surface area contributed by atoms with Crippen LogP contribution in [-0.4, -0.2) is 16.4 Å². The summed E-state index contributed by atoms with van der Waals surface area (Å²) in [6, 6.07) is 29.1. The van der Waals surface area contributed by atoms with Crippen molar-refractivity contribution in [1.29, 1.82) is 0 Å². The van der Waals surface area contributed by atoms with Gasteiger partial charge in [-0.15, -0.1) is 12.4 Å². The Balaban J connectivity index is 0.00000225. The van der Waals surface area contributed by atoms with Crippen LogP contribution in [0.2, 0.25) is 0 Å². The van der Waals surface area contributed by atoms with E-state index in [0.717, 1.165) is 16.7 Å². The predicted octanol–water partition coefficient (Wildman–Crippen LogP) is 6.01. The standard InChI is InChI=1S/C22H19IN3P.ClH/c1-27(21-10-6-3-7-11-21,25-19-14-12-18(23)13-15-19)22-16-24-26(17-22)20-8-4-2-5-9-20;/h2-17H,1H3;1H. The highest BCUT2D eigenvalue weighted by Crippen LogP contribution is 2.46. The van der Waals surface area contributed by atoms with Crippen LogP contribution in [0, 0.1) is 3.57 Å². The van der Waals surface area contributed by atoms with E-state index in [1.165, 1.54) is 8.87 Å². The Bertz CT molecular complexity index is 1090. The SMILES string of the molecule is CP(=Nc1ccc(I)cc1)(c1ccccc1)c1cnn(-c2ccccc2)c1.Cl. The number of para-hydroxylation sites is 1. The minimum atomic E-state index is -1.97. The van der Waals surface area contributed by atoms with Gasteiger partial charge in [-0.1, -0.05) is 48.5 Å². The van der Waals surface area contributed by atoms with Crippen molar-refractivity contribution in [2.45, 2.75) is 0 Å². The molecule has 0 radical (unpaired) electrons. The van der Waals surface area contributed by atoms with Crippen LogP contribution in [-0.2, 0) is 0 Å². The number of nitrogens with zero attached hydrogens (tertiary/aromatic N) is 3. The van der Waals surface area contributed by atoms with E-state index in [-0.39, 0.29) is 12.4 Å². The Hall–Kier alpha value is -1.88.